The van der Waals surface area contributed by atoms with Crippen molar-refractivity contribution >= 4 is 40.0 Å². The molecule has 1 aromatic heterocycles. The number of rotatable bonds is 2. The highest BCUT2D eigenvalue weighted by atomic mass is 35.5. The summed E-state index contributed by atoms with van der Waals surface area (Å²) < 4.78 is 0. The molecular weight excluding hydrogens is 391 g/mol. The molecule has 2 atom stereocenters. The first-order valence-corrected chi connectivity index (χ1v) is 10.4. The van der Waals surface area contributed by atoms with E-state index in [1.165, 1.54) is 0 Å². The number of carbonyl (C=O) groups is 1. The molecule has 5 heteroatoms. The Balaban J connectivity index is 1.87. The summed E-state index contributed by atoms with van der Waals surface area (Å²) >= 11 is 12.3. The molecule has 0 saturated carbocycles. The first-order valence-electron chi connectivity index (χ1n) is 9.63. The van der Waals surface area contributed by atoms with Gasteiger partial charge in [0.25, 0.3) is 5.91 Å². The molecular formula is C23H22Cl2N2O. The van der Waals surface area contributed by atoms with Crippen LogP contribution in [0.15, 0.2) is 48.5 Å². The number of pyridine rings is 1. The Morgan fingerprint density at radius 3 is 2.43 bits per heavy atom. The standard InChI is InChI=1S/C23H22Cl2N2O/c1-14-6-5-7-15(2)27(14)23(28)18-13-22(16-10-11-19(24)20(25)12-16)26-21-9-4-3-8-17(18)21/h3-4,8-15H,5-7H2,1-2H3. The summed E-state index contributed by atoms with van der Waals surface area (Å²) in [5.74, 6) is 0.0691. The highest BCUT2D eigenvalue weighted by Gasteiger charge is 2.30. The van der Waals surface area contributed by atoms with Gasteiger partial charge in [0.1, 0.15) is 0 Å². The van der Waals surface area contributed by atoms with Gasteiger partial charge in [-0.05, 0) is 57.4 Å². The van der Waals surface area contributed by atoms with E-state index in [2.05, 4.69) is 13.8 Å². The zero-order valence-corrected chi connectivity index (χ0v) is 17.5. The Morgan fingerprint density at radius 1 is 1.00 bits per heavy atom. The summed E-state index contributed by atoms with van der Waals surface area (Å²) in [6.45, 7) is 4.27. The fourth-order valence-corrected chi connectivity index (χ4v) is 4.41. The molecule has 28 heavy (non-hydrogen) atoms. The maximum atomic E-state index is 13.6. The van der Waals surface area contributed by atoms with Crippen molar-refractivity contribution in [3.05, 3.63) is 64.1 Å². The van der Waals surface area contributed by atoms with Crippen LogP contribution in [0.1, 0.15) is 43.5 Å². The molecule has 1 amide bonds. The molecule has 0 spiro atoms. The Morgan fingerprint density at radius 2 is 1.71 bits per heavy atom. The van der Waals surface area contributed by atoms with Gasteiger partial charge < -0.3 is 4.90 Å². The van der Waals surface area contributed by atoms with Crippen molar-refractivity contribution in [3.63, 3.8) is 0 Å². The van der Waals surface area contributed by atoms with E-state index in [0.29, 0.717) is 15.6 Å². The zero-order valence-electron chi connectivity index (χ0n) is 16.0. The summed E-state index contributed by atoms with van der Waals surface area (Å²) in [7, 11) is 0. The van der Waals surface area contributed by atoms with Crippen molar-refractivity contribution < 1.29 is 4.79 Å². The SMILES string of the molecule is CC1CCCC(C)N1C(=O)c1cc(-c2ccc(Cl)c(Cl)c2)nc2ccccc12. The minimum Gasteiger partial charge on any atom is -0.333 e. The normalized spacial score (nSPS) is 19.8. The smallest absolute Gasteiger partial charge is 0.255 e. The van der Waals surface area contributed by atoms with Crippen LogP contribution in [-0.4, -0.2) is 27.9 Å². The number of aromatic nitrogens is 1. The van der Waals surface area contributed by atoms with Gasteiger partial charge in [0.15, 0.2) is 0 Å². The second-order valence-electron chi connectivity index (χ2n) is 7.54. The number of hydrogen-bond acceptors (Lipinski definition) is 2. The zero-order chi connectivity index (χ0) is 19.8. The van der Waals surface area contributed by atoms with E-state index in [1.807, 2.05) is 41.3 Å². The Labute approximate surface area is 175 Å². The predicted molar refractivity (Wildman–Crippen MR) is 116 cm³/mol. The second kappa shape index (κ2) is 7.73. The molecule has 1 aliphatic heterocycles. The number of halogens is 2. The molecule has 3 aromatic rings. The molecule has 0 N–H and O–H groups in total. The molecule has 1 saturated heterocycles. The maximum absolute atomic E-state index is 13.6. The van der Waals surface area contributed by atoms with Crippen LogP contribution in [0.5, 0.6) is 0 Å². The van der Waals surface area contributed by atoms with Crippen molar-refractivity contribution in [3.8, 4) is 11.3 Å². The summed E-state index contributed by atoms with van der Waals surface area (Å²) in [5, 5.41) is 1.85. The van der Waals surface area contributed by atoms with Gasteiger partial charge in [0.2, 0.25) is 0 Å². The number of amides is 1. The van der Waals surface area contributed by atoms with Crippen LogP contribution in [0.2, 0.25) is 10.0 Å². The molecule has 0 bridgehead atoms. The third kappa shape index (κ3) is 3.49. The second-order valence-corrected chi connectivity index (χ2v) is 8.36. The number of nitrogens with zero attached hydrogens (tertiary/aromatic N) is 2. The van der Waals surface area contributed by atoms with Gasteiger partial charge in [-0.15, -0.1) is 0 Å². The van der Waals surface area contributed by atoms with E-state index < -0.39 is 0 Å². The van der Waals surface area contributed by atoms with E-state index in [1.54, 1.807) is 12.1 Å². The average molecular weight is 413 g/mol. The molecule has 1 fully saturated rings. The van der Waals surface area contributed by atoms with E-state index in [9.17, 15) is 4.79 Å². The first-order chi connectivity index (χ1) is 13.5. The van der Waals surface area contributed by atoms with E-state index in [-0.39, 0.29) is 18.0 Å². The molecule has 2 heterocycles. The van der Waals surface area contributed by atoms with Gasteiger partial charge in [-0.2, -0.15) is 0 Å². The third-order valence-corrected chi connectivity index (χ3v) is 6.33. The van der Waals surface area contributed by atoms with Crippen LogP contribution in [0, 0.1) is 0 Å². The van der Waals surface area contributed by atoms with E-state index >= 15 is 0 Å². The topological polar surface area (TPSA) is 33.2 Å². The fourth-order valence-electron chi connectivity index (χ4n) is 4.12. The third-order valence-electron chi connectivity index (χ3n) is 5.59. The summed E-state index contributed by atoms with van der Waals surface area (Å²) in [6, 6.07) is 15.6. The fraction of sp³-hybridized carbons (Fsp3) is 0.304. The molecule has 4 rings (SSSR count). The van der Waals surface area contributed by atoms with E-state index in [0.717, 1.165) is 41.4 Å². The van der Waals surface area contributed by atoms with Crippen LogP contribution in [0.25, 0.3) is 22.2 Å². The molecule has 0 radical (unpaired) electrons. The van der Waals surface area contributed by atoms with Crippen LogP contribution < -0.4 is 0 Å². The summed E-state index contributed by atoms with van der Waals surface area (Å²) in [6.07, 6.45) is 3.25. The lowest BCUT2D eigenvalue weighted by Gasteiger charge is -2.39. The van der Waals surface area contributed by atoms with E-state index in [4.69, 9.17) is 28.2 Å². The molecule has 2 unspecified atom stereocenters. The molecule has 0 aliphatic carbocycles. The minimum absolute atomic E-state index is 0.0691. The predicted octanol–water partition coefficient (Wildman–Crippen LogP) is 6.61. The van der Waals surface area contributed by atoms with Gasteiger partial charge >= 0.3 is 0 Å². The number of carbonyl (C=O) groups excluding carboxylic acids is 1. The maximum Gasteiger partial charge on any atom is 0.255 e. The molecule has 2 aromatic carbocycles. The quantitative estimate of drug-likeness (QED) is 0.474. The number of piperidine rings is 1. The largest absolute Gasteiger partial charge is 0.333 e. The van der Waals surface area contributed by atoms with Crippen LogP contribution in [-0.2, 0) is 0 Å². The number of benzene rings is 2. The summed E-state index contributed by atoms with van der Waals surface area (Å²) in [4.78, 5) is 20.4. The van der Waals surface area contributed by atoms with Gasteiger partial charge in [-0.3, -0.25) is 4.79 Å². The van der Waals surface area contributed by atoms with Crippen molar-refractivity contribution in [1.29, 1.82) is 0 Å². The van der Waals surface area contributed by atoms with Crippen LogP contribution >= 0.6 is 23.2 Å². The molecule has 3 nitrogen and oxygen atoms in total. The lowest BCUT2D eigenvalue weighted by molar-refractivity contribution is 0.0513. The average Bonchev–Trinajstić information content (AvgIpc) is 2.69. The minimum atomic E-state index is 0.0691. The van der Waals surface area contributed by atoms with Crippen molar-refractivity contribution in [2.24, 2.45) is 0 Å². The summed E-state index contributed by atoms with van der Waals surface area (Å²) in [5.41, 5.74) is 3.05. The van der Waals surface area contributed by atoms with Crippen LogP contribution in [0.4, 0.5) is 0 Å². The Kier molecular flexibility index (Phi) is 5.31. The number of fused-ring (bicyclic) bond motifs is 1. The van der Waals surface area contributed by atoms with Gasteiger partial charge in [0, 0.05) is 23.0 Å². The number of para-hydroxylation sites is 1. The monoisotopic (exact) mass is 412 g/mol. The lowest BCUT2D eigenvalue weighted by atomic mass is 9.95. The molecule has 1 aliphatic rings. The van der Waals surface area contributed by atoms with Gasteiger partial charge in [-0.1, -0.05) is 47.5 Å². The Bertz CT molecular complexity index is 1040. The lowest BCUT2D eigenvalue weighted by Crippen LogP contribution is -2.47. The number of hydrogen-bond donors (Lipinski definition) is 0. The highest BCUT2D eigenvalue weighted by molar-refractivity contribution is 6.42. The molecule has 144 valence electrons. The first kappa shape index (κ1) is 19.2. The van der Waals surface area contributed by atoms with Crippen molar-refractivity contribution in [2.75, 3.05) is 0 Å². The highest BCUT2D eigenvalue weighted by Crippen LogP contribution is 2.32. The van der Waals surface area contributed by atoms with Crippen molar-refractivity contribution in [1.82, 2.24) is 9.88 Å². The number of likely N-dealkylation sites (tertiary alicyclic amines) is 1. The Hall–Kier alpha value is -2.10. The van der Waals surface area contributed by atoms with Gasteiger partial charge in [-0.25, -0.2) is 4.98 Å². The van der Waals surface area contributed by atoms with Crippen LogP contribution in [0.3, 0.4) is 0 Å². The van der Waals surface area contributed by atoms with Crippen molar-refractivity contribution in [2.45, 2.75) is 45.2 Å². The van der Waals surface area contributed by atoms with Gasteiger partial charge in [0.05, 0.1) is 26.8 Å².